The standard InChI is InChI=1S/C15H25N5/c1-4-7-9-20-13(8-5-2)18-14(15(20)16)12-10-17-11-19(12)6-3/h10-11H,4-9,16H2,1-3H3. The van der Waals surface area contributed by atoms with Gasteiger partial charge in [0.25, 0.3) is 0 Å². The van der Waals surface area contributed by atoms with Crippen LogP contribution in [0.25, 0.3) is 11.4 Å². The second kappa shape index (κ2) is 6.59. The SMILES string of the molecule is CCCCn1c(CCC)nc(-c2cncn2CC)c1N. The van der Waals surface area contributed by atoms with E-state index in [0.717, 1.165) is 61.8 Å². The molecular weight excluding hydrogens is 250 g/mol. The zero-order valence-electron chi connectivity index (χ0n) is 12.8. The predicted octanol–water partition coefficient (Wildman–Crippen LogP) is 3.10. The van der Waals surface area contributed by atoms with Gasteiger partial charge < -0.3 is 14.9 Å². The molecule has 0 aliphatic rings. The summed E-state index contributed by atoms with van der Waals surface area (Å²) in [6, 6.07) is 0. The molecule has 2 N–H and O–H groups in total. The van der Waals surface area contributed by atoms with Crippen molar-refractivity contribution in [2.45, 2.75) is 59.5 Å². The van der Waals surface area contributed by atoms with Gasteiger partial charge in [-0.1, -0.05) is 20.3 Å². The van der Waals surface area contributed by atoms with E-state index < -0.39 is 0 Å². The second-order valence-electron chi connectivity index (χ2n) is 5.08. The predicted molar refractivity (Wildman–Crippen MR) is 82.4 cm³/mol. The smallest absolute Gasteiger partial charge is 0.133 e. The summed E-state index contributed by atoms with van der Waals surface area (Å²) in [6.45, 7) is 8.29. The first kappa shape index (κ1) is 14.6. The first-order valence-electron chi connectivity index (χ1n) is 7.58. The summed E-state index contributed by atoms with van der Waals surface area (Å²) in [7, 11) is 0. The van der Waals surface area contributed by atoms with Crippen molar-refractivity contribution in [1.82, 2.24) is 19.1 Å². The van der Waals surface area contributed by atoms with E-state index in [9.17, 15) is 0 Å². The lowest BCUT2D eigenvalue weighted by atomic mass is 10.3. The lowest BCUT2D eigenvalue weighted by Crippen LogP contribution is -2.07. The molecule has 5 heteroatoms. The van der Waals surface area contributed by atoms with Gasteiger partial charge in [0.15, 0.2) is 0 Å². The molecule has 0 amide bonds. The third-order valence-electron chi connectivity index (χ3n) is 3.59. The summed E-state index contributed by atoms with van der Waals surface area (Å²) in [5.74, 6) is 1.87. The number of anilines is 1. The van der Waals surface area contributed by atoms with E-state index in [4.69, 9.17) is 10.7 Å². The summed E-state index contributed by atoms with van der Waals surface area (Å²) in [5.41, 5.74) is 8.24. The van der Waals surface area contributed by atoms with E-state index >= 15 is 0 Å². The van der Waals surface area contributed by atoms with Crippen molar-refractivity contribution in [3.8, 4) is 11.4 Å². The van der Waals surface area contributed by atoms with Gasteiger partial charge in [-0.2, -0.15) is 0 Å². The second-order valence-corrected chi connectivity index (χ2v) is 5.08. The Labute approximate surface area is 120 Å². The average Bonchev–Trinajstić information content (AvgIpc) is 3.02. The number of nitrogens with zero attached hydrogens (tertiary/aromatic N) is 4. The van der Waals surface area contributed by atoms with Gasteiger partial charge in [0.1, 0.15) is 17.3 Å². The molecule has 2 rings (SSSR count). The van der Waals surface area contributed by atoms with E-state index in [1.165, 1.54) is 0 Å². The van der Waals surface area contributed by atoms with Crippen molar-refractivity contribution in [1.29, 1.82) is 0 Å². The maximum atomic E-state index is 6.35. The molecule has 0 saturated heterocycles. The highest BCUT2D eigenvalue weighted by Crippen LogP contribution is 2.27. The molecule has 0 radical (unpaired) electrons. The molecule has 0 atom stereocenters. The summed E-state index contributed by atoms with van der Waals surface area (Å²) in [6.07, 6.45) is 8.01. The molecule has 0 bridgehead atoms. The normalized spacial score (nSPS) is 11.2. The topological polar surface area (TPSA) is 61.7 Å². The monoisotopic (exact) mass is 275 g/mol. The molecule has 110 valence electrons. The van der Waals surface area contributed by atoms with Crippen LogP contribution < -0.4 is 5.73 Å². The zero-order valence-corrected chi connectivity index (χ0v) is 12.8. The molecule has 2 heterocycles. The van der Waals surface area contributed by atoms with Crippen LogP contribution in [0.15, 0.2) is 12.5 Å². The molecular formula is C15H25N5. The van der Waals surface area contributed by atoms with E-state index in [0.29, 0.717) is 0 Å². The van der Waals surface area contributed by atoms with Crippen LogP contribution in [0.2, 0.25) is 0 Å². The van der Waals surface area contributed by atoms with Crippen LogP contribution in [0.5, 0.6) is 0 Å². The Morgan fingerprint density at radius 2 is 2.00 bits per heavy atom. The van der Waals surface area contributed by atoms with Gasteiger partial charge in [-0.05, 0) is 19.8 Å². The number of aryl methyl sites for hydroxylation is 2. The minimum Gasteiger partial charge on any atom is -0.383 e. The lowest BCUT2D eigenvalue weighted by Gasteiger charge is -2.08. The fourth-order valence-corrected chi connectivity index (χ4v) is 2.45. The fraction of sp³-hybridized carbons (Fsp3) is 0.600. The third kappa shape index (κ3) is 2.71. The molecule has 0 fully saturated rings. The molecule has 0 aliphatic carbocycles. The maximum absolute atomic E-state index is 6.35. The van der Waals surface area contributed by atoms with Gasteiger partial charge in [0.05, 0.1) is 18.2 Å². The van der Waals surface area contributed by atoms with Crippen molar-refractivity contribution < 1.29 is 0 Å². The van der Waals surface area contributed by atoms with E-state index in [-0.39, 0.29) is 0 Å². The van der Waals surface area contributed by atoms with Crippen LogP contribution in [0.3, 0.4) is 0 Å². The molecule has 5 nitrogen and oxygen atoms in total. The molecule has 2 aromatic heterocycles. The van der Waals surface area contributed by atoms with Gasteiger partial charge in [-0.25, -0.2) is 9.97 Å². The van der Waals surface area contributed by atoms with Crippen LogP contribution >= 0.6 is 0 Å². The molecule has 0 aliphatic heterocycles. The molecule has 0 saturated carbocycles. The number of nitrogens with two attached hydrogens (primary N) is 1. The fourth-order valence-electron chi connectivity index (χ4n) is 2.45. The molecule has 2 aromatic rings. The van der Waals surface area contributed by atoms with E-state index in [2.05, 4.69) is 34.9 Å². The first-order chi connectivity index (χ1) is 9.72. The maximum Gasteiger partial charge on any atom is 0.133 e. The first-order valence-corrected chi connectivity index (χ1v) is 7.58. The Bertz CT molecular complexity index is 553. The van der Waals surface area contributed by atoms with Crippen molar-refractivity contribution >= 4 is 5.82 Å². The molecule has 0 unspecified atom stereocenters. The highest BCUT2D eigenvalue weighted by atomic mass is 15.2. The number of hydrogen-bond acceptors (Lipinski definition) is 3. The molecule has 0 aromatic carbocycles. The van der Waals surface area contributed by atoms with Gasteiger partial charge >= 0.3 is 0 Å². The van der Waals surface area contributed by atoms with Crippen LogP contribution in [0.1, 0.15) is 45.9 Å². The lowest BCUT2D eigenvalue weighted by molar-refractivity contribution is 0.604. The van der Waals surface area contributed by atoms with Crippen molar-refractivity contribution in [3.05, 3.63) is 18.3 Å². The van der Waals surface area contributed by atoms with Crippen molar-refractivity contribution in [3.63, 3.8) is 0 Å². The summed E-state index contributed by atoms with van der Waals surface area (Å²) < 4.78 is 4.26. The summed E-state index contributed by atoms with van der Waals surface area (Å²) in [4.78, 5) is 9.00. The summed E-state index contributed by atoms with van der Waals surface area (Å²) in [5, 5.41) is 0. The Balaban J connectivity index is 2.43. The Morgan fingerprint density at radius 1 is 1.20 bits per heavy atom. The average molecular weight is 275 g/mol. The van der Waals surface area contributed by atoms with Gasteiger partial charge in [0.2, 0.25) is 0 Å². The number of hydrogen-bond donors (Lipinski definition) is 1. The summed E-state index contributed by atoms with van der Waals surface area (Å²) >= 11 is 0. The number of imidazole rings is 2. The largest absolute Gasteiger partial charge is 0.383 e. The van der Waals surface area contributed by atoms with Crippen LogP contribution in [-0.4, -0.2) is 19.1 Å². The van der Waals surface area contributed by atoms with Crippen LogP contribution in [0.4, 0.5) is 5.82 Å². The highest BCUT2D eigenvalue weighted by molar-refractivity contribution is 5.68. The molecule has 20 heavy (non-hydrogen) atoms. The van der Waals surface area contributed by atoms with Gasteiger partial charge in [-0.15, -0.1) is 0 Å². The number of rotatable bonds is 7. The van der Waals surface area contributed by atoms with E-state index in [1.807, 2.05) is 12.5 Å². The zero-order chi connectivity index (χ0) is 14.5. The van der Waals surface area contributed by atoms with Crippen LogP contribution in [-0.2, 0) is 19.5 Å². The van der Waals surface area contributed by atoms with Crippen molar-refractivity contribution in [2.24, 2.45) is 0 Å². The number of unbranched alkanes of at least 4 members (excludes halogenated alkanes) is 1. The third-order valence-corrected chi connectivity index (χ3v) is 3.59. The quantitative estimate of drug-likeness (QED) is 0.844. The van der Waals surface area contributed by atoms with Crippen molar-refractivity contribution in [2.75, 3.05) is 5.73 Å². The van der Waals surface area contributed by atoms with E-state index in [1.54, 1.807) is 0 Å². The van der Waals surface area contributed by atoms with Gasteiger partial charge in [-0.3, -0.25) is 0 Å². The Morgan fingerprint density at radius 3 is 2.65 bits per heavy atom. The number of aromatic nitrogens is 4. The molecule has 0 spiro atoms. The minimum absolute atomic E-state index is 0.775. The Hall–Kier alpha value is -1.78. The highest BCUT2D eigenvalue weighted by Gasteiger charge is 2.17. The van der Waals surface area contributed by atoms with Crippen LogP contribution in [0, 0.1) is 0 Å². The minimum atomic E-state index is 0.775. The number of nitrogen functional groups attached to an aromatic ring is 1. The Kier molecular flexibility index (Phi) is 4.82. The van der Waals surface area contributed by atoms with Gasteiger partial charge in [0, 0.05) is 19.5 Å².